The van der Waals surface area contributed by atoms with E-state index in [9.17, 15) is 4.79 Å². The Morgan fingerprint density at radius 2 is 2.25 bits per heavy atom. The summed E-state index contributed by atoms with van der Waals surface area (Å²) in [5.74, 6) is -0.567. The van der Waals surface area contributed by atoms with Crippen molar-refractivity contribution in [1.29, 1.82) is 0 Å². The van der Waals surface area contributed by atoms with Gasteiger partial charge < -0.3 is 4.89 Å². The summed E-state index contributed by atoms with van der Waals surface area (Å²) in [4.78, 5) is 13.3. The van der Waals surface area contributed by atoms with Crippen molar-refractivity contribution in [2.45, 2.75) is 19.8 Å². The van der Waals surface area contributed by atoms with E-state index in [-0.39, 0.29) is 18.8 Å². The molecule has 0 aliphatic carbocycles. The van der Waals surface area contributed by atoms with E-state index in [1.54, 1.807) is 0 Å². The molecule has 0 aliphatic heterocycles. The maximum Gasteiger partial charge on any atom is 0.342 e. The largest absolute Gasteiger partial charge is 0.342 e. The van der Waals surface area contributed by atoms with Gasteiger partial charge >= 0.3 is 5.97 Å². The molecule has 0 saturated carbocycles. The van der Waals surface area contributed by atoms with Crippen LogP contribution in [0.25, 0.3) is 0 Å². The Labute approximate surface area is 54.0 Å². The average molecular weight is 141 g/mol. The zero-order valence-corrected chi connectivity index (χ0v) is 5.40. The van der Waals surface area contributed by atoms with E-state index in [0.29, 0.717) is 6.42 Å². The Morgan fingerprint density at radius 1 is 1.75 bits per heavy atom. The molecule has 8 heavy (non-hydrogen) atoms. The molecule has 4 heteroatoms. The fourth-order valence-corrected chi connectivity index (χ4v) is 0.250. The molecule has 0 atom stereocenters. The molecule has 1 N–H and O–H groups in total. The van der Waals surface area contributed by atoms with Crippen molar-refractivity contribution in [2.24, 2.45) is 0 Å². The molecule has 0 spiro atoms. The third-order valence-electron chi connectivity index (χ3n) is 0.556. The van der Waals surface area contributed by atoms with Crippen molar-refractivity contribution in [1.82, 2.24) is 0 Å². The van der Waals surface area contributed by atoms with Gasteiger partial charge in [-0.05, 0) is 6.42 Å². The Hall–Kier alpha value is -0.280. The Balaban J connectivity index is 0. The Bertz CT molecular complexity index is 64.3. The summed E-state index contributed by atoms with van der Waals surface area (Å²) in [7, 11) is 0. The second kappa shape index (κ2) is 6.72. The molecular weight excluding hydrogens is 131 g/mol. The van der Waals surface area contributed by atoms with Crippen LogP contribution >= 0.6 is 12.4 Å². The summed E-state index contributed by atoms with van der Waals surface area (Å²) in [5, 5.41) is 7.62. The number of rotatable bonds is 2. The topological polar surface area (TPSA) is 46.5 Å². The highest BCUT2D eigenvalue weighted by Crippen LogP contribution is 1.86. The molecule has 0 radical (unpaired) electrons. The Kier molecular flexibility index (Phi) is 8.95. The number of carbonyl (C=O) groups is 1. The van der Waals surface area contributed by atoms with Crippen LogP contribution in [0.4, 0.5) is 0 Å². The van der Waals surface area contributed by atoms with Gasteiger partial charge in [0.25, 0.3) is 0 Å². The van der Waals surface area contributed by atoms with E-state index >= 15 is 0 Å². The summed E-state index contributed by atoms with van der Waals surface area (Å²) in [6.45, 7) is 1.83. The maximum absolute atomic E-state index is 9.94. The van der Waals surface area contributed by atoms with Gasteiger partial charge in [-0.25, -0.2) is 4.79 Å². The maximum atomic E-state index is 9.94. The summed E-state index contributed by atoms with van der Waals surface area (Å²) in [6, 6.07) is 0. The monoisotopic (exact) mass is 140 g/mol. The minimum atomic E-state index is -0.567. The first-order valence-corrected chi connectivity index (χ1v) is 2.15. The molecule has 0 amide bonds. The van der Waals surface area contributed by atoms with Crippen LogP contribution < -0.4 is 0 Å². The smallest absolute Gasteiger partial charge is 0.301 e. The molecule has 0 unspecified atom stereocenters. The molecule has 0 aromatic rings. The van der Waals surface area contributed by atoms with Gasteiger partial charge in [-0.2, -0.15) is 5.26 Å². The lowest BCUT2D eigenvalue weighted by Crippen LogP contribution is -1.97. The van der Waals surface area contributed by atoms with Gasteiger partial charge in [0.15, 0.2) is 0 Å². The lowest BCUT2D eigenvalue weighted by atomic mass is 10.3. The van der Waals surface area contributed by atoms with E-state index in [2.05, 4.69) is 4.89 Å². The van der Waals surface area contributed by atoms with Gasteiger partial charge in [0.05, 0.1) is 0 Å². The number of halogens is 1. The standard InChI is InChI=1S/C4H8O3.ClH/c1-2-3-4(5)7-6;/h6H,2-3H2,1H3;1H. The van der Waals surface area contributed by atoms with Gasteiger partial charge in [0.2, 0.25) is 0 Å². The summed E-state index contributed by atoms with van der Waals surface area (Å²) < 4.78 is 0. The summed E-state index contributed by atoms with van der Waals surface area (Å²) in [5.41, 5.74) is 0. The molecule has 0 aliphatic rings. The number of hydrogen-bond donors (Lipinski definition) is 1. The summed E-state index contributed by atoms with van der Waals surface area (Å²) in [6.07, 6.45) is 0.996. The third-order valence-corrected chi connectivity index (χ3v) is 0.556. The highest BCUT2D eigenvalue weighted by Gasteiger charge is 1.95. The van der Waals surface area contributed by atoms with Crippen LogP contribution in [-0.4, -0.2) is 11.2 Å². The predicted octanol–water partition coefficient (Wildman–Crippen LogP) is 1.22. The van der Waals surface area contributed by atoms with Gasteiger partial charge in [-0.15, -0.1) is 12.4 Å². The highest BCUT2D eigenvalue weighted by atomic mass is 35.5. The van der Waals surface area contributed by atoms with Crippen molar-refractivity contribution in [3.05, 3.63) is 0 Å². The second-order valence-corrected chi connectivity index (χ2v) is 1.21. The van der Waals surface area contributed by atoms with Crippen LogP contribution in [0.3, 0.4) is 0 Å². The zero-order chi connectivity index (χ0) is 5.70. The van der Waals surface area contributed by atoms with E-state index < -0.39 is 5.97 Å². The molecule has 50 valence electrons. The van der Waals surface area contributed by atoms with Crippen LogP contribution in [0.5, 0.6) is 0 Å². The highest BCUT2D eigenvalue weighted by molar-refractivity contribution is 5.85. The fraction of sp³-hybridized carbons (Fsp3) is 0.750. The number of carbonyl (C=O) groups excluding carboxylic acids is 1. The quantitative estimate of drug-likeness (QED) is 0.464. The van der Waals surface area contributed by atoms with Gasteiger partial charge in [0, 0.05) is 6.42 Å². The van der Waals surface area contributed by atoms with Crippen molar-refractivity contribution in [3.8, 4) is 0 Å². The van der Waals surface area contributed by atoms with Gasteiger partial charge in [-0.1, -0.05) is 6.92 Å². The normalized spacial score (nSPS) is 7.25. The van der Waals surface area contributed by atoms with Crippen LogP contribution in [0.2, 0.25) is 0 Å². The molecule has 0 rings (SSSR count). The van der Waals surface area contributed by atoms with Crippen LogP contribution in [-0.2, 0) is 9.68 Å². The van der Waals surface area contributed by atoms with Crippen molar-refractivity contribution in [2.75, 3.05) is 0 Å². The molecule has 3 nitrogen and oxygen atoms in total. The molecule has 0 fully saturated rings. The molecule has 0 bridgehead atoms. The average Bonchev–Trinajstić information content (AvgIpc) is 1.68. The first-order valence-electron chi connectivity index (χ1n) is 2.15. The van der Waals surface area contributed by atoms with Crippen LogP contribution in [0, 0.1) is 0 Å². The SMILES string of the molecule is CCCC(=O)OO.Cl. The fourth-order valence-electron chi connectivity index (χ4n) is 0.250. The van der Waals surface area contributed by atoms with E-state index in [0.717, 1.165) is 0 Å². The van der Waals surface area contributed by atoms with Crippen molar-refractivity contribution in [3.63, 3.8) is 0 Å². The molecule has 0 heterocycles. The van der Waals surface area contributed by atoms with Gasteiger partial charge in [0.1, 0.15) is 0 Å². The zero-order valence-electron chi connectivity index (χ0n) is 4.59. The molecule has 0 aromatic heterocycles. The lowest BCUT2D eigenvalue weighted by Gasteiger charge is -1.87. The van der Waals surface area contributed by atoms with E-state index in [1.807, 2.05) is 6.92 Å². The molecule has 0 saturated heterocycles. The predicted molar refractivity (Wildman–Crippen MR) is 30.9 cm³/mol. The first kappa shape index (κ1) is 10.7. The first-order chi connectivity index (χ1) is 3.31. The molecular formula is C4H9ClO3. The van der Waals surface area contributed by atoms with Crippen molar-refractivity contribution >= 4 is 18.4 Å². The van der Waals surface area contributed by atoms with E-state index in [4.69, 9.17) is 5.26 Å². The minimum absolute atomic E-state index is 0. The van der Waals surface area contributed by atoms with Crippen LogP contribution in [0.15, 0.2) is 0 Å². The lowest BCUT2D eigenvalue weighted by molar-refractivity contribution is -0.234. The second-order valence-electron chi connectivity index (χ2n) is 1.21. The van der Waals surface area contributed by atoms with E-state index in [1.165, 1.54) is 0 Å². The minimum Gasteiger partial charge on any atom is -0.301 e. The number of hydrogen-bond acceptors (Lipinski definition) is 3. The van der Waals surface area contributed by atoms with Crippen molar-refractivity contribution < 1.29 is 14.9 Å². The molecule has 0 aromatic carbocycles. The van der Waals surface area contributed by atoms with Gasteiger partial charge in [-0.3, -0.25) is 0 Å². The summed E-state index contributed by atoms with van der Waals surface area (Å²) >= 11 is 0. The Morgan fingerprint density at radius 3 is 2.38 bits per heavy atom. The third kappa shape index (κ3) is 5.72. The van der Waals surface area contributed by atoms with Crippen LogP contribution in [0.1, 0.15) is 19.8 Å².